The summed E-state index contributed by atoms with van der Waals surface area (Å²) >= 11 is 0. The highest BCUT2D eigenvalue weighted by Gasteiger charge is 2.27. The number of nitrogens with one attached hydrogen (secondary N) is 1. The number of nitrogens with zero attached hydrogens (tertiary/aromatic N) is 1. The molecule has 1 aromatic rings. The summed E-state index contributed by atoms with van der Waals surface area (Å²) in [7, 11) is 1.55. The number of methoxy groups -OCH3 is 1. The lowest BCUT2D eigenvalue weighted by molar-refractivity contribution is -0.124. The molecule has 5 nitrogen and oxygen atoms in total. The number of nitrogens with two attached hydrogens (primary N) is 1. The van der Waals surface area contributed by atoms with Crippen molar-refractivity contribution in [2.75, 3.05) is 20.3 Å². The molecule has 1 saturated heterocycles. The highest BCUT2D eigenvalue weighted by Crippen LogP contribution is 2.19. The fourth-order valence-corrected chi connectivity index (χ4v) is 2.97. The molecule has 5 heteroatoms. The van der Waals surface area contributed by atoms with Crippen LogP contribution in [0.2, 0.25) is 0 Å². The average Bonchev–Trinajstić information content (AvgIpc) is 2.51. The van der Waals surface area contributed by atoms with E-state index in [4.69, 9.17) is 10.5 Å². The number of hydrogen-bond acceptors (Lipinski definition) is 4. The summed E-state index contributed by atoms with van der Waals surface area (Å²) in [6.45, 7) is 4.43. The van der Waals surface area contributed by atoms with Gasteiger partial charge in [0.15, 0.2) is 0 Å². The van der Waals surface area contributed by atoms with Gasteiger partial charge in [-0.25, -0.2) is 0 Å². The monoisotopic (exact) mass is 305 g/mol. The Morgan fingerprint density at radius 3 is 2.82 bits per heavy atom. The summed E-state index contributed by atoms with van der Waals surface area (Å²) in [5.74, 6) is -0.115. The second-order valence-electron chi connectivity index (χ2n) is 6.10. The van der Waals surface area contributed by atoms with Gasteiger partial charge in [-0.3, -0.25) is 9.69 Å². The first-order valence-corrected chi connectivity index (χ1v) is 7.93. The van der Waals surface area contributed by atoms with Gasteiger partial charge in [-0.15, -0.1) is 0 Å². The number of carbonyl (C=O) groups excluding carboxylic acids is 1. The number of likely N-dealkylation sites (tertiary alicyclic amines) is 1. The third-order valence-electron chi connectivity index (χ3n) is 4.27. The van der Waals surface area contributed by atoms with Gasteiger partial charge in [0.1, 0.15) is 6.04 Å². The molecule has 2 rings (SSSR count). The molecule has 1 heterocycles. The topological polar surface area (TPSA) is 67.6 Å². The quantitative estimate of drug-likeness (QED) is 0.827. The first kappa shape index (κ1) is 16.9. The zero-order valence-corrected chi connectivity index (χ0v) is 13.5. The van der Waals surface area contributed by atoms with Crippen molar-refractivity contribution in [3.63, 3.8) is 0 Å². The van der Waals surface area contributed by atoms with Crippen LogP contribution >= 0.6 is 0 Å². The minimum Gasteiger partial charge on any atom is -0.383 e. The molecular weight excluding hydrogens is 278 g/mol. The summed E-state index contributed by atoms with van der Waals surface area (Å²) in [6, 6.07) is 10.6. The van der Waals surface area contributed by atoms with Gasteiger partial charge in [-0.2, -0.15) is 0 Å². The molecule has 1 fully saturated rings. The predicted octanol–water partition coefficient (Wildman–Crippen LogP) is 1.13. The van der Waals surface area contributed by atoms with Crippen LogP contribution in [0.5, 0.6) is 0 Å². The summed E-state index contributed by atoms with van der Waals surface area (Å²) < 4.78 is 4.92. The summed E-state index contributed by atoms with van der Waals surface area (Å²) in [6.07, 6.45) is 1.92. The number of hydrogen-bond donors (Lipinski definition) is 2. The Morgan fingerprint density at radius 1 is 1.45 bits per heavy atom. The van der Waals surface area contributed by atoms with Crippen molar-refractivity contribution in [3.8, 4) is 0 Å². The van der Waals surface area contributed by atoms with Gasteiger partial charge in [-0.1, -0.05) is 30.3 Å². The number of rotatable bonds is 6. The van der Waals surface area contributed by atoms with Crippen molar-refractivity contribution < 1.29 is 9.53 Å². The molecule has 0 aliphatic carbocycles. The largest absolute Gasteiger partial charge is 0.383 e. The van der Waals surface area contributed by atoms with Crippen LogP contribution < -0.4 is 11.1 Å². The molecular formula is C17H27N3O2. The van der Waals surface area contributed by atoms with Crippen LogP contribution in [0, 0.1) is 0 Å². The lowest BCUT2D eigenvalue weighted by Crippen LogP contribution is -2.52. The standard InChI is InChI=1S/C17H27N3O2/c1-13-10-15(19-17(21)16(18)12-22-2)8-9-20(13)11-14-6-4-3-5-7-14/h3-7,13,15-16H,8-12,18H2,1-2H3,(H,19,21). The van der Waals surface area contributed by atoms with Crippen LogP contribution in [0.3, 0.4) is 0 Å². The molecule has 1 aliphatic heterocycles. The second-order valence-corrected chi connectivity index (χ2v) is 6.10. The second kappa shape index (κ2) is 8.27. The highest BCUT2D eigenvalue weighted by atomic mass is 16.5. The first-order chi connectivity index (χ1) is 10.6. The Kier molecular flexibility index (Phi) is 6.36. The van der Waals surface area contributed by atoms with Crippen molar-refractivity contribution in [2.24, 2.45) is 5.73 Å². The van der Waals surface area contributed by atoms with Crippen LogP contribution in [0.4, 0.5) is 0 Å². The summed E-state index contributed by atoms with van der Waals surface area (Å²) in [5, 5.41) is 3.05. The van der Waals surface area contributed by atoms with Gasteiger partial charge in [0.2, 0.25) is 5.91 Å². The molecule has 1 aromatic carbocycles. The minimum absolute atomic E-state index is 0.115. The third-order valence-corrected chi connectivity index (χ3v) is 4.27. The van der Waals surface area contributed by atoms with E-state index in [1.165, 1.54) is 5.56 Å². The van der Waals surface area contributed by atoms with Crippen LogP contribution in [-0.2, 0) is 16.1 Å². The van der Waals surface area contributed by atoms with Crippen LogP contribution in [0.1, 0.15) is 25.3 Å². The Balaban J connectivity index is 1.81. The molecule has 22 heavy (non-hydrogen) atoms. The Bertz CT molecular complexity index is 466. The first-order valence-electron chi connectivity index (χ1n) is 7.93. The van der Waals surface area contributed by atoms with Gasteiger partial charge < -0.3 is 15.8 Å². The van der Waals surface area contributed by atoms with E-state index in [-0.39, 0.29) is 18.6 Å². The lowest BCUT2D eigenvalue weighted by atomic mass is 9.97. The molecule has 1 amide bonds. The molecule has 3 unspecified atom stereocenters. The number of carbonyl (C=O) groups is 1. The SMILES string of the molecule is COCC(N)C(=O)NC1CCN(Cc2ccccc2)C(C)C1. The molecule has 0 radical (unpaired) electrons. The number of ether oxygens (including phenoxy) is 1. The molecule has 0 spiro atoms. The highest BCUT2D eigenvalue weighted by molar-refractivity contribution is 5.81. The Labute approximate surface area is 132 Å². The predicted molar refractivity (Wildman–Crippen MR) is 87.3 cm³/mol. The van der Waals surface area contributed by atoms with Crippen LogP contribution in [0.25, 0.3) is 0 Å². The smallest absolute Gasteiger partial charge is 0.239 e. The van der Waals surface area contributed by atoms with E-state index in [2.05, 4.69) is 41.4 Å². The maximum absolute atomic E-state index is 12.0. The van der Waals surface area contributed by atoms with E-state index >= 15 is 0 Å². The van der Waals surface area contributed by atoms with E-state index in [0.717, 1.165) is 25.9 Å². The van der Waals surface area contributed by atoms with E-state index in [0.29, 0.717) is 6.04 Å². The Morgan fingerprint density at radius 2 is 2.18 bits per heavy atom. The van der Waals surface area contributed by atoms with Crippen molar-refractivity contribution in [3.05, 3.63) is 35.9 Å². The number of amides is 1. The molecule has 122 valence electrons. The zero-order chi connectivity index (χ0) is 15.9. The third kappa shape index (κ3) is 4.80. The molecule has 0 bridgehead atoms. The van der Waals surface area contributed by atoms with E-state index in [9.17, 15) is 4.79 Å². The number of benzene rings is 1. The number of piperidine rings is 1. The van der Waals surface area contributed by atoms with Crippen molar-refractivity contribution in [2.45, 2.75) is 44.4 Å². The van der Waals surface area contributed by atoms with Gasteiger partial charge >= 0.3 is 0 Å². The van der Waals surface area contributed by atoms with E-state index in [1.54, 1.807) is 7.11 Å². The normalized spacial score (nSPS) is 24.0. The fourth-order valence-electron chi connectivity index (χ4n) is 2.97. The maximum atomic E-state index is 12.0. The van der Waals surface area contributed by atoms with Crippen molar-refractivity contribution in [1.29, 1.82) is 0 Å². The molecule has 0 aromatic heterocycles. The molecule has 3 N–H and O–H groups in total. The van der Waals surface area contributed by atoms with E-state index < -0.39 is 6.04 Å². The Hall–Kier alpha value is -1.43. The summed E-state index contributed by atoms with van der Waals surface area (Å²) in [5.41, 5.74) is 7.09. The van der Waals surface area contributed by atoms with Crippen molar-refractivity contribution in [1.82, 2.24) is 10.2 Å². The fraction of sp³-hybridized carbons (Fsp3) is 0.588. The molecule has 1 aliphatic rings. The van der Waals surface area contributed by atoms with E-state index in [1.807, 2.05) is 6.07 Å². The van der Waals surface area contributed by atoms with Gasteiger partial charge in [0.25, 0.3) is 0 Å². The molecule has 0 saturated carbocycles. The lowest BCUT2D eigenvalue weighted by Gasteiger charge is -2.38. The van der Waals surface area contributed by atoms with Crippen LogP contribution in [0.15, 0.2) is 30.3 Å². The zero-order valence-electron chi connectivity index (χ0n) is 13.5. The van der Waals surface area contributed by atoms with Gasteiger partial charge in [0, 0.05) is 32.3 Å². The van der Waals surface area contributed by atoms with Gasteiger partial charge in [-0.05, 0) is 25.3 Å². The van der Waals surface area contributed by atoms with Crippen LogP contribution in [-0.4, -0.2) is 49.2 Å². The van der Waals surface area contributed by atoms with Crippen molar-refractivity contribution >= 4 is 5.91 Å². The maximum Gasteiger partial charge on any atom is 0.239 e. The molecule has 3 atom stereocenters. The minimum atomic E-state index is -0.581. The summed E-state index contributed by atoms with van der Waals surface area (Å²) in [4.78, 5) is 14.4. The van der Waals surface area contributed by atoms with Gasteiger partial charge in [0.05, 0.1) is 6.61 Å². The average molecular weight is 305 g/mol.